The van der Waals surface area contributed by atoms with E-state index < -0.39 is 5.97 Å². The van der Waals surface area contributed by atoms with Gasteiger partial charge in [-0.25, -0.2) is 4.79 Å². The summed E-state index contributed by atoms with van der Waals surface area (Å²) in [6, 6.07) is 10.0. The van der Waals surface area contributed by atoms with Crippen LogP contribution in [0, 0.1) is 0 Å². The van der Waals surface area contributed by atoms with Gasteiger partial charge >= 0.3 is 5.97 Å². The van der Waals surface area contributed by atoms with Crippen molar-refractivity contribution in [1.82, 2.24) is 0 Å². The molecule has 2 aromatic carbocycles. The molecule has 0 bridgehead atoms. The minimum absolute atomic E-state index is 0. The second-order valence-electron chi connectivity index (χ2n) is 4.70. The normalized spacial score (nSPS) is 10.2. The highest BCUT2D eigenvalue weighted by Gasteiger charge is 2.13. The highest BCUT2D eigenvalue weighted by molar-refractivity contribution is 5.94. The Labute approximate surface area is 152 Å². The molecule has 8 heteroatoms. The van der Waals surface area contributed by atoms with Gasteiger partial charge in [0.05, 0.1) is 32.1 Å². The average molecular weight is 366 g/mol. The summed E-state index contributed by atoms with van der Waals surface area (Å²) < 4.78 is 15.4. The number of benzene rings is 2. The largest absolute Gasteiger partial charge is 0.495 e. The first-order chi connectivity index (χ1) is 11.6. The maximum atomic E-state index is 12.0. The van der Waals surface area contributed by atoms with Crippen LogP contribution in [0.4, 0.5) is 17.1 Å². The van der Waals surface area contributed by atoms with Crippen LogP contribution in [0.2, 0.25) is 0 Å². The van der Waals surface area contributed by atoms with E-state index in [-0.39, 0.29) is 19.0 Å². The molecule has 0 saturated carbocycles. The number of methoxy groups -OCH3 is 2. The lowest BCUT2D eigenvalue weighted by Gasteiger charge is -2.09. The average Bonchev–Trinajstić information content (AvgIpc) is 2.60. The van der Waals surface area contributed by atoms with Crippen LogP contribution < -0.4 is 15.2 Å². The van der Waals surface area contributed by atoms with Crippen molar-refractivity contribution in [2.45, 2.75) is 6.92 Å². The van der Waals surface area contributed by atoms with Crippen LogP contribution in [-0.4, -0.2) is 26.8 Å². The van der Waals surface area contributed by atoms with Crippen LogP contribution in [-0.2, 0) is 4.74 Å². The molecule has 0 saturated heterocycles. The predicted molar refractivity (Wildman–Crippen MR) is 97.8 cm³/mol. The van der Waals surface area contributed by atoms with E-state index in [1.54, 1.807) is 43.3 Å². The van der Waals surface area contributed by atoms with Crippen molar-refractivity contribution in [3.63, 3.8) is 0 Å². The third-order valence-electron chi connectivity index (χ3n) is 3.20. The standard InChI is InChI=1S/C17H19N3O4.ClH/c1-4-24-17(21)11-7-5-6-8-13(11)19-20-14-10-15(22-2)12(18)9-16(14)23-3;/h5-10H,4,18H2,1-3H3;1H. The Bertz CT molecular complexity index is 766. The van der Waals surface area contributed by atoms with E-state index >= 15 is 0 Å². The summed E-state index contributed by atoms with van der Waals surface area (Å²) >= 11 is 0. The van der Waals surface area contributed by atoms with Gasteiger partial charge in [0.2, 0.25) is 0 Å². The monoisotopic (exact) mass is 365 g/mol. The highest BCUT2D eigenvalue weighted by Crippen LogP contribution is 2.37. The van der Waals surface area contributed by atoms with Gasteiger partial charge < -0.3 is 19.9 Å². The number of halogens is 1. The van der Waals surface area contributed by atoms with Crippen molar-refractivity contribution >= 4 is 35.4 Å². The van der Waals surface area contributed by atoms with Gasteiger partial charge in [-0.2, -0.15) is 0 Å². The van der Waals surface area contributed by atoms with Crippen molar-refractivity contribution in [3.05, 3.63) is 42.0 Å². The van der Waals surface area contributed by atoms with Crippen molar-refractivity contribution in [3.8, 4) is 11.5 Å². The molecule has 2 rings (SSSR count). The summed E-state index contributed by atoms with van der Waals surface area (Å²) in [5, 5.41) is 8.30. The quantitative estimate of drug-likeness (QED) is 0.467. The van der Waals surface area contributed by atoms with Crippen LogP contribution in [0.3, 0.4) is 0 Å². The molecule has 0 atom stereocenters. The molecule has 134 valence electrons. The lowest BCUT2D eigenvalue weighted by molar-refractivity contribution is 0.0527. The molecular weight excluding hydrogens is 346 g/mol. The minimum Gasteiger partial charge on any atom is -0.495 e. The first kappa shape index (κ1) is 20.2. The summed E-state index contributed by atoms with van der Waals surface area (Å²) in [7, 11) is 3.02. The van der Waals surface area contributed by atoms with Crippen molar-refractivity contribution < 1.29 is 19.0 Å². The molecule has 0 spiro atoms. The van der Waals surface area contributed by atoms with Crippen LogP contribution in [0.25, 0.3) is 0 Å². The van der Waals surface area contributed by atoms with Gasteiger partial charge in [-0.3, -0.25) is 0 Å². The Kier molecular flexibility index (Phi) is 7.68. The Morgan fingerprint density at radius 1 is 1.04 bits per heavy atom. The second-order valence-corrected chi connectivity index (χ2v) is 4.70. The lowest BCUT2D eigenvalue weighted by Crippen LogP contribution is -2.04. The molecule has 0 aliphatic rings. The molecule has 2 N–H and O–H groups in total. The van der Waals surface area contributed by atoms with Gasteiger partial charge in [-0.05, 0) is 19.1 Å². The van der Waals surface area contributed by atoms with Crippen LogP contribution in [0.5, 0.6) is 11.5 Å². The van der Waals surface area contributed by atoms with Gasteiger partial charge in [0.25, 0.3) is 0 Å². The van der Waals surface area contributed by atoms with E-state index in [0.717, 1.165) is 0 Å². The SMILES string of the molecule is CCOC(=O)c1ccccc1N=Nc1cc(OC)c(N)cc1OC.Cl. The molecule has 0 aromatic heterocycles. The fourth-order valence-electron chi connectivity index (χ4n) is 2.03. The molecular formula is C17H20ClN3O4. The van der Waals surface area contributed by atoms with Gasteiger partial charge in [0.1, 0.15) is 22.9 Å². The maximum absolute atomic E-state index is 12.0. The number of azo groups is 1. The number of nitrogen functional groups attached to an aromatic ring is 1. The number of esters is 1. The first-order valence-corrected chi connectivity index (χ1v) is 7.30. The van der Waals surface area contributed by atoms with E-state index in [0.29, 0.717) is 34.1 Å². The molecule has 0 fully saturated rings. The number of anilines is 1. The van der Waals surface area contributed by atoms with Gasteiger partial charge in [0.15, 0.2) is 0 Å². The molecule has 0 amide bonds. The predicted octanol–water partition coefficient (Wildman–Crippen LogP) is 4.30. The minimum atomic E-state index is -0.450. The first-order valence-electron chi connectivity index (χ1n) is 7.30. The Morgan fingerprint density at radius 3 is 2.32 bits per heavy atom. The second kappa shape index (κ2) is 9.48. The number of hydrogen-bond donors (Lipinski definition) is 1. The van der Waals surface area contributed by atoms with Crippen LogP contribution in [0.1, 0.15) is 17.3 Å². The number of rotatable bonds is 6. The Morgan fingerprint density at radius 2 is 1.68 bits per heavy atom. The zero-order valence-corrected chi connectivity index (χ0v) is 15.0. The topological polar surface area (TPSA) is 95.5 Å². The van der Waals surface area contributed by atoms with Gasteiger partial charge in [0, 0.05) is 12.1 Å². The fourth-order valence-corrected chi connectivity index (χ4v) is 2.03. The van der Waals surface area contributed by atoms with E-state index in [2.05, 4.69) is 10.2 Å². The zero-order valence-electron chi connectivity index (χ0n) is 14.2. The molecule has 7 nitrogen and oxygen atoms in total. The number of carbonyl (C=O) groups excluding carboxylic acids is 1. The van der Waals surface area contributed by atoms with Crippen LogP contribution >= 0.6 is 12.4 Å². The Balaban J connectivity index is 0.00000312. The van der Waals surface area contributed by atoms with Crippen LogP contribution in [0.15, 0.2) is 46.6 Å². The highest BCUT2D eigenvalue weighted by atomic mass is 35.5. The molecule has 2 aromatic rings. The third kappa shape index (κ3) is 4.84. The van der Waals surface area contributed by atoms with Gasteiger partial charge in [-0.1, -0.05) is 12.1 Å². The number of ether oxygens (including phenoxy) is 3. The number of nitrogens with two attached hydrogens (primary N) is 1. The molecule has 0 heterocycles. The molecule has 0 aliphatic carbocycles. The van der Waals surface area contributed by atoms with Crippen molar-refractivity contribution in [2.75, 3.05) is 26.6 Å². The number of carbonyl (C=O) groups is 1. The van der Waals surface area contributed by atoms with E-state index in [9.17, 15) is 4.79 Å². The maximum Gasteiger partial charge on any atom is 0.340 e. The summed E-state index contributed by atoms with van der Waals surface area (Å²) in [6.45, 7) is 2.03. The van der Waals surface area contributed by atoms with Gasteiger partial charge in [-0.15, -0.1) is 22.6 Å². The molecule has 0 aliphatic heterocycles. The number of nitrogens with zero attached hydrogens (tertiary/aromatic N) is 2. The van der Waals surface area contributed by atoms with E-state index in [4.69, 9.17) is 19.9 Å². The zero-order chi connectivity index (χ0) is 17.5. The molecule has 0 unspecified atom stereocenters. The fraction of sp³-hybridized carbons (Fsp3) is 0.235. The Hall–Kier alpha value is -2.80. The lowest BCUT2D eigenvalue weighted by atomic mass is 10.2. The third-order valence-corrected chi connectivity index (χ3v) is 3.20. The molecule has 0 radical (unpaired) electrons. The summed E-state index contributed by atoms with van der Waals surface area (Å²) in [4.78, 5) is 12.0. The van der Waals surface area contributed by atoms with Crippen molar-refractivity contribution in [2.24, 2.45) is 10.2 Å². The van der Waals surface area contributed by atoms with E-state index in [1.165, 1.54) is 14.2 Å². The smallest absolute Gasteiger partial charge is 0.340 e. The van der Waals surface area contributed by atoms with Crippen molar-refractivity contribution in [1.29, 1.82) is 0 Å². The summed E-state index contributed by atoms with van der Waals surface area (Å²) in [5.41, 5.74) is 7.44. The summed E-state index contributed by atoms with van der Waals surface area (Å²) in [6.07, 6.45) is 0. The van der Waals surface area contributed by atoms with E-state index in [1.807, 2.05) is 0 Å². The number of hydrogen-bond acceptors (Lipinski definition) is 7. The summed E-state index contributed by atoms with van der Waals surface area (Å²) in [5.74, 6) is 0.461. The molecule has 25 heavy (non-hydrogen) atoms.